The molecule has 0 amide bonds. The third-order valence-corrected chi connectivity index (χ3v) is 4.28. The molecule has 1 atom stereocenters. The van der Waals surface area contributed by atoms with Crippen molar-refractivity contribution in [2.24, 2.45) is 0 Å². The normalized spacial score (nSPS) is 11.9. The van der Waals surface area contributed by atoms with Crippen molar-refractivity contribution < 1.29 is 8.78 Å². The molecule has 0 spiro atoms. The molecule has 0 saturated carbocycles. The van der Waals surface area contributed by atoms with Crippen LogP contribution in [0.15, 0.2) is 42.9 Å². The van der Waals surface area contributed by atoms with Gasteiger partial charge < -0.3 is 11.1 Å². The van der Waals surface area contributed by atoms with Gasteiger partial charge in [0, 0.05) is 12.3 Å². The maximum Gasteiger partial charge on any atom is 0.164 e. The van der Waals surface area contributed by atoms with Gasteiger partial charge in [-0.15, -0.1) is 0 Å². The summed E-state index contributed by atoms with van der Waals surface area (Å²) in [5, 5.41) is 12.4. The van der Waals surface area contributed by atoms with Crippen LogP contribution in [0.3, 0.4) is 0 Å². The molecular weight excluding hydrogens is 378 g/mol. The monoisotopic (exact) mass is 392 g/mol. The van der Waals surface area contributed by atoms with Crippen LogP contribution in [0, 0.1) is 23.0 Å². The molecule has 3 heterocycles. The molecule has 3 N–H and O–H groups in total. The van der Waals surface area contributed by atoms with Crippen LogP contribution in [-0.2, 0) is 0 Å². The molecule has 0 aliphatic heterocycles. The van der Waals surface area contributed by atoms with Gasteiger partial charge in [-0.25, -0.2) is 28.7 Å². The predicted octanol–water partition coefficient (Wildman–Crippen LogP) is 3.12. The van der Waals surface area contributed by atoms with Crippen molar-refractivity contribution >= 4 is 22.8 Å². The Kier molecular flexibility index (Phi) is 4.48. The molecule has 0 aliphatic rings. The SMILES string of the molecule is C[C@H](Nc1ncnc(N)c1C#N)c1nc2cccnc2n1-c1cc(F)cc(F)c1. The van der Waals surface area contributed by atoms with Crippen LogP contribution in [0.5, 0.6) is 0 Å². The van der Waals surface area contributed by atoms with Crippen LogP contribution in [0.1, 0.15) is 24.4 Å². The molecule has 0 saturated heterocycles. The highest BCUT2D eigenvalue weighted by molar-refractivity contribution is 5.74. The Balaban J connectivity index is 1.86. The van der Waals surface area contributed by atoms with Crippen LogP contribution < -0.4 is 11.1 Å². The predicted molar refractivity (Wildman–Crippen MR) is 102 cm³/mol. The quantitative estimate of drug-likeness (QED) is 0.548. The number of rotatable bonds is 4. The second kappa shape index (κ2) is 7.12. The maximum atomic E-state index is 13.9. The van der Waals surface area contributed by atoms with E-state index < -0.39 is 17.7 Å². The van der Waals surface area contributed by atoms with E-state index in [0.717, 1.165) is 6.07 Å². The van der Waals surface area contributed by atoms with Gasteiger partial charge in [0.05, 0.1) is 11.7 Å². The van der Waals surface area contributed by atoms with Crippen LogP contribution in [-0.4, -0.2) is 24.5 Å². The number of halogens is 2. The zero-order chi connectivity index (χ0) is 20.5. The summed E-state index contributed by atoms with van der Waals surface area (Å²) in [6, 6.07) is 8.08. The van der Waals surface area contributed by atoms with E-state index in [2.05, 4.69) is 25.3 Å². The number of anilines is 2. The van der Waals surface area contributed by atoms with Crippen molar-refractivity contribution in [3.05, 3.63) is 65.9 Å². The molecule has 0 bridgehead atoms. The first-order chi connectivity index (χ1) is 14.0. The highest BCUT2D eigenvalue weighted by Crippen LogP contribution is 2.28. The van der Waals surface area contributed by atoms with Crippen molar-refractivity contribution in [1.82, 2.24) is 24.5 Å². The summed E-state index contributed by atoms with van der Waals surface area (Å²) < 4.78 is 29.3. The average molecular weight is 392 g/mol. The summed E-state index contributed by atoms with van der Waals surface area (Å²) in [5.41, 5.74) is 7.04. The number of pyridine rings is 1. The fourth-order valence-electron chi connectivity index (χ4n) is 3.03. The van der Waals surface area contributed by atoms with Gasteiger partial charge in [-0.2, -0.15) is 5.26 Å². The lowest BCUT2D eigenvalue weighted by Gasteiger charge is -2.17. The number of hydrogen-bond acceptors (Lipinski definition) is 7. The summed E-state index contributed by atoms with van der Waals surface area (Å²) in [6.45, 7) is 1.77. The fourth-order valence-corrected chi connectivity index (χ4v) is 3.03. The van der Waals surface area contributed by atoms with Gasteiger partial charge in [-0.05, 0) is 31.2 Å². The Morgan fingerprint density at radius 1 is 1.17 bits per heavy atom. The first kappa shape index (κ1) is 18.2. The highest BCUT2D eigenvalue weighted by Gasteiger charge is 2.21. The van der Waals surface area contributed by atoms with Crippen molar-refractivity contribution in [2.75, 3.05) is 11.1 Å². The van der Waals surface area contributed by atoms with Gasteiger partial charge in [-0.3, -0.25) is 4.57 Å². The molecule has 1 aromatic carbocycles. The molecule has 0 unspecified atom stereocenters. The summed E-state index contributed by atoms with van der Waals surface area (Å²) >= 11 is 0. The van der Waals surface area contributed by atoms with Crippen LogP contribution >= 0.6 is 0 Å². The van der Waals surface area contributed by atoms with E-state index >= 15 is 0 Å². The highest BCUT2D eigenvalue weighted by atomic mass is 19.1. The minimum absolute atomic E-state index is 0.0413. The van der Waals surface area contributed by atoms with Crippen molar-refractivity contribution in [3.63, 3.8) is 0 Å². The second-order valence-electron chi connectivity index (χ2n) is 6.24. The summed E-state index contributed by atoms with van der Waals surface area (Å²) in [6.07, 6.45) is 2.80. The van der Waals surface area contributed by atoms with E-state index in [1.165, 1.54) is 18.5 Å². The summed E-state index contributed by atoms with van der Waals surface area (Å²) in [5.74, 6) is -0.756. The van der Waals surface area contributed by atoms with E-state index in [0.29, 0.717) is 17.0 Å². The molecule has 8 nitrogen and oxygen atoms in total. The Bertz CT molecular complexity index is 1240. The third-order valence-electron chi connectivity index (χ3n) is 4.28. The van der Waals surface area contributed by atoms with Crippen molar-refractivity contribution in [3.8, 4) is 11.8 Å². The lowest BCUT2D eigenvalue weighted by atomic mass is 10.2. The van der Waals surface area contributed by atoms with E-state index in [-0.39, 0.29) is 22.9 Å². The Morgan fingerprint density at radius 3 is 2.66 bits per heavy atom. The molecular formula is C19H14F2N8. The molecule has 144 valence electrons. The van der Waals surface area contributed by atoms with Gasteiger partial charge in [0.25, 0.3) is 0 Å². The van der Waals surface area contributed by atoms with Gasteiger partial charge >= 0.3 is 0 Å². The zero-order valence-electron chi connectivity index (χ0n) is 15.1. The Labute approximate surface area is 163 Å². The molecule has 3 aromatic heterocycles. The smallest absolute Gasteiger partial charge is 0.164 e. The number of nitriles is 1. The first-order valence-electron chi connectivity index (χ1n) is 8.55. The van der Waals surface area contributed by atoms with E-state index in [9.17, 15) is 14.0 Å². The zero-order valence-corrected chi connectivity index (χ0v) is 15.1. The number of fused-ring (bicyclic) bond motifs is 1. The molecule has 0 fully saturated rings. The largest absolute Gasteiger partial charge is 0.382 e. The Morgan fingerprint density at radius 2 is 1.93 bits per heavy atom. The first-order valence-corrected chi connectivity index (χ1v) is 8.55. The van der Waals surface area contributed by atoms with Crippen molar-refractivity contribution in [1.29, 1.82) is 5.26 Å². The maximum absolute atomic E-state index is 13.9. The third kappa shape index (κ3) is 3.29. The number of nitrogens with two attached hydrogens (primary N) is 1. The lowest BCUT2D eigenvalue weighted by Crippen LogP contribution is -2.16. The number of aromatic nitrogens is 5. The topological polar surface area (TPSA) is 118 Å². The number of imidazole rings is 1. The van der Waals surface area contributed by atoms with Gasteiger partial charge in [0.15, 0.2) is 5.65 Å². The Hall–Kier alpha value is -4.13. The van der Waals surface area contributed by atoms with Crippen LogP contribution in [0.25, 0.3) is 16.9 Å². The van der Waals surface area contributed by atoms with Crippen molar-refractivity contribution in [2.45, 2.75) is 13.0 Å². The van der Waals surface area contributed by atoms with E-state index in [1.54, 1.807) is 29.8 Å². The van der Waals surface area contributed by atoms with E-state index in [1.807, 2.05) is 6.07 Å². The molecule has 4 aromatic rings. The van der Waals surface area contributed by atoms with Gasteiger partial charge in [-0.1, -0.05) is 0 Å². The molecule has 29 heavy (non-hydrogen) atoms. The lowest BCUT2D eigenvalue weighted by molar-refractivity contribution is 0.581. The fraction of sp³-hybridized carbons (Fsp3) is 0.105. The summed E-state index contributed by atoms with van der Waals surface area (Å²) in [7, 11) is 0. The number of nitrogens with one attached hydrogen (secondary N) is 1. The van der Waals surface area contributed by atoms with Gasteiger partial charge in [0.2, 0.25) is 0 Å². The number of benzene rings is 1. The minimum Gasteiger partial charge on any atom is -0.382 e. The molecule has 0 radical (unpaired) electrons. The summed E-state index contributed by atoms with van der Waals surface area (Å²) in [4.78, 5) is 16.7. The number of nitrogens with zero attached hydrogens (tertiary/aromatic N) is 6. The van der Waals surface area contributed by atoms with E-state index in [4.69, 9.17) is 5.73 Å². The minimum atomic E-state index is -0.723. The molecule has 4 rings (SSSR count). The molecule has 10 heteroatoms. The van der Waals surface area contributed by atoms with Gasteiger partial charge in [0.1, 0.15) is 52.6 Å². The average Bonchev–Trinajstić information content (AvgIpc) is 3.07. The second-order valence-corrected chi connectivity index (χ2v) is 6.24. The van der Waals surface area contributed by atoms with Crippen LogP contribution in [0.4, 0.5) is 20.4 Å². The standard InChI is InChI=1S/C19H14F2N8/c1-10(27-17-14(8-22)16(23)25-9-26-17)18-28-15-3-2-4-24-19(15)29(18)13-6-11(20)5-12(21)7-13/h2-7,9-10H,1H3,(H3,23,25,26,27)/t10-/m0/s1. The number of hydrogen-bond donors (Lipinski definition) is 2. The van der Waals surface area contributed by atoms with Crippen LogP contribution in [0.2, 0.25) is 0 Å². The number of nitrogen functional groups attached to an aromatic ring is 1. The molecule has 0 aliphatic carbocycles.